The van der Waals surface area contributed by atoms with Crippen LogP contribution in [-0.2, 0) is 16.8 Å². The second kappa shape index (κ2) is 7.43. The van der Waals surface area contributed by atoms with Gasteiger partial charge in [-0.1, -0.05) is 6.07 Å². The van der Waals surface area contributed by atoms with Gasteiger partial charge in [-0.25, -0.2) is 13.8 Å². The van der Waals surface area contributed by atoms with Gasteiger partial charge in [0.2, 0.25) is 5.43 Å². The van der Waals surface area contributed by atoms with Crippen LogP contribution in [0.5, 0.6) is 5.75 Å². The molecule has 1 aromatic heterocycles. The summed E-state index contributed by atoms with van der Waals surface area (Å²) >= 11 is 0. The lowest BCUT2D eigenvalue weighted by Gasteiger charge is -2.51. The Bertz CT molecular complexity index is 1140. The number of fused-ring (bicyclic) bond motifs is 2. The van der Waals surface area contributed by atoms with Crippen molar-refractivity contribution in [2.75, 3.05) is 33.9 Å². The van der Waals surface area contributed by atoms with Gasteiger partial charge in [0.25, 0.3) is 11.8 Å². The summed E-state index contributed by atoms with van der Waals surface area (Å²) in [7, 11) is 3.32. The number of halogens is 2. The lowest BCUT2D eigenvalue weighted by Crippen LogP contribution is -2.66. The van der Waals surface area contributed by atoms with E-state index in [1.807, 2.05) is 0 Å². The monoisotopic (exact) mass is 434 g/mol. The number of carbonyl (C=O) groups is 2. The fraction of sp³-hybridized carbons (Fsp3) is 0.350. The molecule has 0 aliphatic carbocycles. The number of hydrazine groups is 1. The quantitative estimate of drug-likeness (QED) is 0.723. The van der Waals surface area contributed by atoms with E-state index in [1.54, 1.807) is 19.1 Å². The number of nitrogens with zero attached hydrogens (tertiary/aromatic N) is 3. The van der Waals surface area contributed by atoms with Gasteiger partial charge in [0.1, 0.15) is 22.7 Å². The molecule has 9 nitrogen and oxygen atoms in total. The maximum Gasteiger partial charge on any atom is 0.288 e. The van der Waals surface area contributed by atoms with Crippen LogP contribution in [0.15, 0.2) is 29.2 Å². The van der Waals surface area contributed by atoms with Gasteiger partial charge in [0.05, 0.1) is 19.8 Å². The zero-order valence-electron chi connectivity index (χ0n) is 16.8. The van der Waals surface area contributed by atoms with Gasteiger partial charge in [0, 0.05) is 38.5 Å². The minimum absolute atomic E-state index is 0.0256. The molecule has 2 amide bonds. The maximum absolute atomic E-state index is 13.8. The van der Waals surface area contributed by atoms with Crippen LogP contribution in [0.2, 0.25) is 0 Å². The van der Waals surface area contributed by atoms with Gasteiger partial charge in [0.15, 0.2) is 11.4 Å². The molecular weight excluding hydrogens is 414 g/mol. The van der Waals surface area contributed by atoms with Crippen LogP contribution >= 0.6 is 0 Å². The van der Waals surface area contributed by atoms with Crippen molar-refractivity contribution < 1.29 is 28.2 Å². The Labute approximate surface area is 175 Å². The number of aromatic nitrogens is 1. The maximum atomic E-state index is 13.8. The Morgan fingerprint density at radius 3 is 2.58 bits per heavy atom. The molecule has 1 fully saturated rings. The first-order chi connectivity index (χ1) is 14.6. The van der Waals surface area contributed by atoms with Crippen LogP contribution in [0.3, 0.4) is 0 Å². The van der Waals surface area contributed by atoms with Gasteiger partial charge in [-0.2, -0.15) is 0 Å². The fourth-order valence-electron chi connectivity index (χ4n) is 3.72. The smallest absolute Gasteiger partial charge is 0.288 e. The number of amides is 2. The summed E-state index contributed by atoms with van der Waals surface area (Å²) in [6.45, 7) is 0.383. The Balaban J connectivity index is 1.70. The van der Waals surface area contributed by atoms with Crippen molar-refractivity contribution in [1.82, 2.24) is 19.9 Å². The number of hydrogen-bond donors (Lipinski definition) is 2. The Morgan fingerprint density at radius 2 is 2.00 bits per heavy atom. The topological polar surface area (TPSA) is 104 Å². The van der Waals surface area contributed by atoms with Crippen molar-refractivity contribution in [2.45, 2.75) is 12.1 Å². The minimum Gasteiger partial charge on any atom is -0.503 e. The summed E-state index contributed by atoms with van der Waals surface area (Å²) < 4.78 is 33.6. The second-order valence-corrected chi connectivity index (χ2v) is 7.78. The van der Waals surface area contributed by atoms with Crippen molar-refractivity contribution in [3.63, 3.8) is 0 Å². The highest BCUT2D eigenvalue weighted by Crippen LogP contribution is 2.36. The zero-order chi connectivity index (χ0) is 22.5. The molecular formula is C20H20F2N4O5. The van der Waals surface area contributed by atoms with Crippen LogP contribution in [0.25, 0.3) is 0 Å². The van der Waals surface area contributed by atoms with Crippen molar-refractivity contribution >= 4 is 11.8 Å². The third-order valence-corrected chi connectivity index (χ3v) is 5.50. The number of nitrogens with one attached hydrogen (secondary N) is 1. The lowest BCUT2D eigenvalue weighted by atomic mass is 9.92. The van der Waals surface area contributed by atoms with E-state index in [1.165, 1.54) is 21.8 Å². The summed E-state index contributed by atoms with van der Waals surface area (Å²) in [6, 6.07) is 2.91. The standard InChI is InChI=1S/C20H20F2N4O5/c1-24(2)26-8-20(9-31-10-20)25-7-13(16(27)17(28)15(25)19(26)30)18(29)23-6-11-3-4-12(21)5-14(11)22/h3-5,7,28H,6,8-10H2,1-2H3,(H,23,29). The van der Waals surface area contributed by atoms with E-state index in [0.717, 1.165) is 6.07 Å². The first-order valence-corrected chi connectivity index (χ1v) is 9.43. The Hall–Kier alpha value is -3.31. The molecule has 11 heteroatoms. The molecule has 3 heterocycles. The van der Waals surface area contributed by atoms with Crippen LogP contribution in [0, 0.1) is 11.6 Å². The van der Waals surface area contributed by atoms with E-state index in [2.05, 4.69) is 5.32 Å². The predicted molar refractivity (Wildman–Crippen MR) is 103 cm³/mol. The van der Waals surface area contributed by atoms with Gasteiger partial charge < -0.3 is 19.7 Å². The Morgan fingerprint density at radius 1 is 1.29 bits per heavy atom. The van der Waals surface area contributed by atoms with E-state index in [9.17, 15) is 28.3 Å². The van der Waals surface area contributed by atoms with Crippen molar-refractivity contribution in [2.24, 2.45) is 0 Å². The van der Waals surface area contributed by atoms with E-state index in [0.29, 0.717) is 6.07 Å². The van der Waals surface area contributed by atoms with Crippen molar-refractivity contribution in [3.05, 3.63) is 63.1 Å². The molecule has 4 rings (SSSR count). The SMILES string of the molecule is CN(C)N1CC2(COC2)n2cc(C(=O)NCc3ccc(F)cc3F)c(=O)c(O)c2C1=O. The summed E-state index contributed by atoms with van der Waals surface area (Å²) in [6.07, 6.45) is 1.22. The highest BCUT2D eigenvalue weighted by Gasteiger charge is 2.50. The van der Waals surface area contributed by atoms with E-state index < -0.39 is 45.7 Å². The summed E-state index contributed by atoms with van der Waals surface area (Å²) in [5.74, 6) is -3.89. The molecule has 0 atom stereocenters. The van der Waals surface area contributed by atoms with Crippen LogP contribution < -0.4 is 10.7 Å². The molecule has 0 bridgehead atoms. The fourth-order valence-corrected chi connectivity index (χ4v) is 3.72. The number of carbonyl (C=O) groups excluding carboxylic acids is 2. The highest BCUT2D eigenvalue weighted by molar-refractivity contribution is 5.99. The third kappa shape index (κ3) is 3.35. The molecule has 1 saturated heterocycles. The molecule has 2 aromatic rings. The van der Waals surface area contributed by atoms with E-state index >= 15 is 0 Å². The number of aromatic hydroxyl groups is 1. The molecule has 2 N–H and O–H groups in total. The van der Waals surface area contributed by atoms with Crippen LogP contribution in [0.4, 0.5) is 8.78 Å². The van der Waals surface area contributed by atoms with Crippen molar-refractivity contribution in [1.29, 1.82) is 0 Å². The average molecular weight is 434 g/mol. The first kappa shape index (κ1) is 20.9. The van der Waals surface area contributed by atoms with Gasteiger partial charge in [-0.15, -0.1) is 0 Å². The van der Waals surface area contributed by atoms with E-state index in [-0.39, 0.29) is 37.6 Å². The van der Waals surface area contributed by atoms with E-state index in [4.69, 9.17) is 4.74 Å². The summed E-state index contributed by atoms with van der Waals surface area (Å²) in [5.41, 5.74) is -2.36. The molecule has 31 heavy (non-hydrogen) atoms. The minimum atomic E-state index is -1.02. The highest BCUT2D eigenvalue weighted by atomic mass is 19.1. The number of benzene rings is 1. The predicted octanol–water partition coefficient (Wildman–Crippen LogP) is 0.420. The summed E-state index contributed by atoms with van der Waals surface area (Å²) in [5, 5.41) is 15.9. The third-order valence-electron chi connectivity index (χ3n) is 5.50. The largest absolute Gasteiger partial charge is 0.503 e. The van der Waals surface area contributed by atoms with Crippen LogP contribution in [-0.4, -0.2) is 65.4 Å². The van der Waals surface area contributed by atoms with Gasteiger partial charge >= 0.3 is 0 Å². The molecule has 2 aliphatic rings. The molecule has 0 saturated carbocycles. The van der Waals surface area contributed by atoms with Crippen LogP contribution in [0.1, 0.15) is 26.4 Å². The van der Waals surface area contributed by atoms with Crippen molar-refractivity contribution in [3.8, 4) is 5.75 Å². The number of pyridine rings is 1. The molecule has 1 spiro atoms. The average Bonchev–Trinajstić information content (AvgIpc) is 2.68. The normalized spacial score (nSPS) is 16.9. The van der Waals surface area contributed by atoms with Gasteiger partial charge in [-0.3, -0.25) is 19.4 Å². The first-order valence-electron chi connectivity index (χ1n) is 9.43. The lowest BCUT2D eigenvalue weighted by molar-refractivity contribution is -0.138. The Kier molecular flexibility index (Phi) is 5.02. The second-order valence-electron chi connectivity index (χ2n) is 7.78. The molecule has 0 unspecified atom stereocenters. The molecule has 2 aliphatic heterocycles. The van der Waals surface area contributed by atoms with Gasteiger partial charge in [-0.05, 0) is 6.07 Å². The molecule has 1 aromatic carbocycles. The zero-order valence-corrected chi connectivity index (χ0v) is 16.8. The molecule has 0 radical (unpaired) electrons. The number of ether oxygens (including phenoxy) is 1. The summed E-state index contributed by atoms with van der Waals surface area (Å²) in [4.78, 5) is 38.2. The number of rotatable bonds is 4. The molecule has 164 valence electrons. The number of hydrogen-bond acceptors (Lipinski definition) is 6.